The number of carbonyl (C=O) groups excluding carboxylic acids is 1. The molecule has 6 heteroatoms. The number of amides is 1. The number of benzene rings is 1. The summed E-state index contributed by atoms with van der Waals surface area (Å²) >= 11 is 1.50. The van der Waals surface area contributed by atoms with Gasteiger partial charge in [0, 0.05) is 23.1 Å². The number of thiophene rings is 1. The number of rotatable bonds is 4. The first-order chi connectivity index (χ1) is 12.7. The number of nitrogens with one attached hydrogen (secondary N) is 2. The van der Waals surface area contributed by atoms with Gasteiger partial charge < -0.3 is 5.32 Å². The Morgan fingerprint density at radius 3 is 2.85 bits per heavy atom. The van der Waals surface area contributed by atoms with Crippen molar-refractivity contribution in [3.8, 4) is 0 Å². The van der Waals surface area contributed by atoms with Crippen LogP contribution in [-0.2, 0) is 19.3 Å². The first-order valence-electron chi connectivity index (χ1n) is 8.72. The average Bonchev–Trinajstić information content (AvgIpc) is 3.20. The predicted molar refractivity (Wildman–Crippen MR) is 103 cm³/mol. The Hall–Kier alpha value is -2.73. The van der Waals surface area contributed by atoms with E-state index in [4.69, 9.17) is 0 Å². The van der Waals surface area contributed by atoms with Gasteiger partial charge in [0.25, 0.3) is 11.5 Å². The van der Waals surface area contributed by atoms with E-state index in [9.17, 15) is 9.59 Å². The topological polar surface area (TPSA) is 74.8 Å². The fourth-order valence-corrected chi connectivity index (χ4v) is 4.06. The van der Waals surface area contributed by atoms with Crippen LogP contribution in [0.4, 0.5) is 5.69 Å². The molecule has 1 aliphatic rings. The van der Waals surface area contributed by atoms with E-state index in [2.05, 4.69) is 15.5 Å². The summed E-state index contributed by atoms with van der Waals surface area (Å²) < 4.78 is 0. The number of H-pyrrole nitrogens is 1. The summed E-state index contributed by atoms with van der Waals surface area (Å²) in [6, 6.07) is 9.59. The molecule has 5 nitrogen and oxygen atoms in total. The summed E-state index contributed by atoms with van der Waals surface area (Å²) in [5.74, 6) is -0.108. The van der Waals surface area contributed by atoms with Gasteiger partial charge >= 0.3 is 0 Å². The molecule has 0 radical (unpaired) electrons. The van der Waals surface area contributed by atoms with Gasteiger partial charge in [-0.15, -0.1) is 0 Å². The molecular weight excluding hydrogens is 346 g/mol. The summed E-state index contributed by atoms with van der Waals surface area (Å²) in [6.45, 7) is 0. The largest absolute Gasteiger partial charge is 0.322 e. The van der Waals surface area contributed by atoms with Crippen LogP contribution in [0.25, 0.3) is 0 Å². The molecule has 0 saturated carbocycles. The van der Waals surface area contributed by atoms with Gasteiger partial charge in [0.2, 0.25) is 0 Å². The van der Waals surface area contributed by atoms with Crippen molar-refractivity contribution in [2.75, 3.05) is 5.32 Å². The van der Waals surface area contributed by atoms with Crippen molar-refractivity contribution < 1.29 is 4.79 Å². The molecule has 132 valence electrons. The molecule has 2 heterocycles. The molecule has 1 aromatic carbocycles. The number of aromatic amines is 1. The highest BCUT2D eigenvalue weighted by Gasteiger charge is 2.18. The molecule has 0 aliphatic heterocycles. The number of nitrogens with zero attached hydrogens (tertiary/aromatic N) is 1. The molecular formula is C20H19N3O2S. The van der Waals surface area contributed by atoms with E-state index < -0.39 is 0 Å². The van der Waals surface area contributed by atoms with Crippen molar-refractivity contribution in [2.24, 2.45) is 0 Å². The summed E-state index contributed by atoms with van der Waals surface area (Å²) in [7, 11) is 0. The maximum Gasteiger partial charge on any atom is 0.267 e. The SMILES string of the molecule is O=C(Nc1cccc(Cc2n[nH]c(=O)c3c2CCCC3)c1)c1ccsc1. The third-order valence-corrected chi connectivity index (χ3v) is 5.41. The minimum atomic E-state index is -0.108. The molecule has 3 aromatic rings. The smallest absolute Gasteiger partial charge is 0.267 e. The average molecular weight is 365 g/mol. The van der Waals surface area contributed by atoms with E-state index >= 15 is 0 Å². The summed E-state index contributed by atoms with van der Waals surface area (Å²) in [6.07, 6.45) is 4.54. The highest BCUT2D eigenvalue weighted by Crippen LogP contribution is 2.23. The van der Waals surface area contributed by atoms with Gasteiger partial charge in [0.05, 0.1) is 11.3 Å². The maximum absolute atomic E-state index is 12.2. The Bertz CT molecular complexity index is 993. The maximum atomic E-state index is 12.2. The van der Waals surface area contributed by atoms with Gasteiger partial charge in [0.15, 0.2) is 0 Å². The molecule has 2 aromatic heterocycles. The van der Waals surface area contributed by atoms with Crippen LogP contribution >= 0.6 is 11.3 Å². The molecule has 0 spiro atoms. The number of fused-ring (bicyclic) bond motifs is 1. The van der Waals surface area contributed by atoms with Gasteiger partial charge in [-0.05, 0) is 60.4 Å². The number of hydrogen-bond donors (Lipinski definition) is 2. The molecule has 0 unspecified atom stereocenters. The zero-order valence-electron chi connectivity index (χ0n) is 14.2. The predicted octanol–water partition coefficient (Wildman–Crippen LogP) is 3.55. The van der Waals surface area contributed by atoms with Gasteiger partial charge in [-0.2, -0.15) is 16.4 Å². The minimum absolute atomic E-state index is 0.0553. The number of aromatic nitrogens is 2. The first-order valence-corrected chi connectivity index (χ1v) is 9.67. The summed E-state index contributed by atoms with van der Waals surface area (Å²) in [4.78, 5) is 24.2. The van der Waals surface area contributed by atoms with Crippen molar-refractivity contribution in [1.82, 2.24) is 10.2 Å². The molecule has 0 saturated heterocycles. The van der Waals surface area contributed by atoms with Crippen LogP contribution in [0.5, 0.6) is 0 Å². The Balaban J connectivity index is 1.56. The highest BCUT2D eigenvalue weighted by molar-refractivity contribution is 7.08. The van der Waals surface area contributed by atoms with E-state index in [0.717, 1.165) is 53.8 Å². The van der Waals surface area contributed by atoms with Crippen LogP contribution in [0.15, 0.2) is 45.9 Å². The van der Waals surface area contributed by atoms with Crippen molar-refractivity contribution in [1.29, 1.82) is 0 Å². The Labute approximate surface area is 155 Å². The lowest BCUT2D eigenvalue weighted by Gasteiger charge is -2.17. The molecule has 4 rings (SSSR count). The fourth-order valence-electron chi connectivity index (χ4n) is 3.42. The van der Waals surface area contributed by atoms with Crippen LogP contribution in [0.1, 0.15) is 45.6 Å². The molecule has 2 N–H and O–H groups in total. The standard InChI is InChI=1S/C20H19N3O2S/c24-19(14-8-9-26-12-14)21-15-5-3-4-13(10-15)11-18-16-6-1-2-7-17(16)20(25)23-22-18/h3-5,8-10,12H,1-2,6-7,11H2,(H,21,24)(H,23,25). The van der Waals surface area contributed by atoms with E-state index in [1.54, 1.807) is 6.07 Å². The second-order valence-electron chi connectivity index (χ2n) is 6.51. The second kappa shape index (κ2) is 7.25. The van der Waals surface area contributed by atoms with Crippen molar-refractivity contribution in [3.05, 3.63) is 79.4 Å². The third-order valence-electron chi connectivity index (χ3n) is 4.72. The first kappa shape index (κ1) is 16.7. The zero-order chi connectivity index (χ0) is 17.9. The fraction of sp³-hybridized carbons (Fsp3) is 0.250. The van der Waals surface area contributed by atoms with E-state index in [0.29, 0.717) is 12.0 Å². The van der Waals surface area contributed by atoms with Crippen LogP contribution in [0, 0.1) is 0 Å². The van der Waals surface area contributed by atoms with Gasteiger partial charge in [-0.25, -0.2) is 5.10 Å². The van der Waals surface area contributed by atoms with Crippen LogP contribution < -0.4 is 10.9 Å². The number of carbonyl (C=O) groups is 1. The zero-order valence-corrected chi connectivity index (χ0v) is 15.1. The van der Waals surface area contributed by atoms with Crippen molar-refractivity contribution in [2.45, 2.75) is 32.1 Å². The highest BCUT2D eigenvalue weighted by atomic mass is 32.1. The lowest BCUT2D eigenvalue weighted by atomic mass is 9.90. The van der Waals surface area contributed by atoms with Crippen LogP contribution in [-0.4, -0.2) is 16.1 Å². The minimum Gasteiger partial charge on any atom is -0.322 e. The summed E-state index contributed by atoms with van der Waals surface area (Å²) in [5, 5.41) is 13.6. The lowest BCUT2D eigenvalue weighted by Crippen LogP contribution is -2.23. The molecule has 1 aliphatic carbocycles. The van der Waals surface area contributed by atoms with Crippen molar-refractivity contribution >= 4 is 22.9 Å². The Kier molecular flexibility index (Phi) is 4.67. The summed E-state index contributed by atoms with van der Waals surface area (Å²) in [5.41, 5.74) is 5.35. The number of anilines is 1. The monoisotopic (exact) mass is 365 g/mol. The van der Waals surface area contributed by atoms with Gasteiger partial charge in [0.1, 0.15) is 0 Å². The Morgan fingerprint density at radius 1 is 1.19 bits per heavy atom. The van der Waals surface area contributed by atoms with E-state index in [-0.39, 0.29) is 11.5 Å². The second-order valence-corrected chi connectivity index (χ2v) is 7.29. The molecule has 0 atom stereocenters. The van der Waals surface area contributed by atoms with E-state index in [1.807, 2.05) is 35.0 Å². The molecule has 1 amide bonds. The van der Waals surface area contributed by atoms with Gasteiger partial charge in [-0.3, -0.25) is 9.59 Å². The molecule has 0 bridgehead atoms. The van der Waals surface area contributed by atoms with E-state index in [1.165, 1.54) is 11.3 Å². The lowest BCUT2D eigenvalue weighted by molar-refractivity contribution is 0.102. The van der Waals surface area contributed by atoms with Crippen molar-refractivity contribution in [3.63, 3.8) is 0 Å². The third kappa shape index (κ3) is 3.46. The van der Waals surface area contributed by atoms with Crippen LogP contribution in [0.2, 0.25) is 0 Å². The Morgan fingerprint density at radius 2 is 2.04 bits per heavy atom. The molecule has 0 fully saturated rings. The van der Waals surface area contributed by atoms with Gasteiger partial charge in [-0.1, -0.05) is 12.1 Å². The molecule has 26 heavy (non-hydrogen) atoms. The number of hydrogen-bond acceptors (Lipinski definition) is 4. The van der Waals surface area contributed by atoms with Crippen LogP contribution in [0.3, 0.4) is 0 Å². The quantitative estimate of drug-likeness (QED) is 0.742. The normalized spacial score (nSPS) is 13.2.